The molecule has 0 rings (SSSR count). The highest BCUT2D eigenvalue weighted by atomic mass is 16.5. The zero-order chi connectivity index (χ0) is 10.3. The van der Waals surface area contributed by atoms with Crippen LogP contribution in [-0.4, -0.2) is 12.1 Å². The molecule has 0 N–H and O–H groups in total. The average molecular weight is 184 g/mol. The summed E-state index contributed by atoms with van der Waals surface area (Å²) in [6, 6.07) is 0. The van der Waals surface area contributed by atoms with E-state index in [0.29, 0.717) is 5.57 Å². The van der Waals surface area contributed by atoms with E-state index < -0.39 is 0 Å². The van der Waals surface area contributed by atoms with Gasteiger partial charge in [0.25, 0.3) is 0 Å². The summed E-state index contributed by atoms with van der Waals surface area (Å²) in [7, 11) is 0. The maximum Gasteiger partial charge on any atom is 0.333 e. The molecule has 1 unspecified atom stereocenters. The summed E-state index contributed by atoms with van der Waals surface area (Å²) < 4.78 is 5.12. The largest absolute Gasteiger partial charge is 0.459 e. The normalized spacial score (nSPS) is 12.2. The fourth-order valence-corrected chi connectivity index (χ4v) is 1.02. The highest BCUT2D eigenvalue weighted by Gasteiger charge is 2.08. The zero-order valence-corrected chi connectivity index (χ0v) is 8.93. The Morgan fingerprint density at radius 1 is 1.46 bits per heavy atom. The van der Waals surface area contributed by atoms with Gasteiger partial charge in [-0.05, 0) is 26.7 Å². The smallest absolute Gasteiger partial charge is 0.333 e. The first-order chi connectivity index (χ1) is 6.07. The quantitative estimate of drug-likeness (QED) is 0.360. The molecule has 0 amide bonds. The van der Waals surface area contributed by atoms with Crippen LogP contribution in [0.25, 0.3) is 0 Å². The van der Waals surface area contributed by atoms with Crippen LogP contribution in [0.2, 0.25) is 0 Å². The molecule has 0 heterocycles. The van der Waals surface area contributed by atoms with Crippen molar-refractivity contribution in [3.8, 4) is 0 Å². The summed E-state index contributed by atoms with van der Waals surface area (Å²) >= 11 is 0. The van der Waals surface area contributed by atoms with E-state index in [-0.39, 0.29) is 12.1 Å². The van der Waals surface area contributed by atoms with Crippen molar-refractivity contribution in [1.29, 1.82) is 0 Å². The third kappa shape index (κ3) is 6.38. The lowest BCUT2D eigenvalue weighted by molar-refractivity contribution is -0.143. The lowest BCUT2D eigenvalue weighted by Gasteiger charge is -2.12. The molecular weight excluding hydrogens is 164 g/mol. The molecule has 0 saturated heterocycles. The number of ether oxygens (including phenoxy) is 1. The minimum absolute atomic E-state index is 0.0238. The van der Waals surface area contributed by atoms with E-state index in [0.717, 1.165) is 12.8 Å². The SMILES string of the molecule is C=C(C)C(=O)OC(C)CCCCC. The maximum atomic E-state index is 11.1. The fraction of sp³-hybridized carbons (Fsp3) is 0.727. The molecule has 1 atom stereocenters. The molecule has 0 aromatic heterocycles. The highest BCUT2D eigenvalue weighted by Crippen LogP contribution is 2.07. The fourth-order valence-electron chi connectivity index (χ4n) is 1.02. The molecule has 2 heteroatoms. The maximum absolute atomic E-state index is 11.1. The summed E-state index contributed by atoms with van der Waals surface area (Å²) in [5.41, 5.74) is 0.474. The number of hydrogen-bond acceptors (Lipinski definition) is 2. The summed E-state index contributed by atoms with van der Waals surface area (Å²) in [4.78, 5) is 11.1. The number of esters is 1. The van der Waals surface area contributed by atoms with Gasteiger partial charge in [-0.2, -0.15) is 0 Å². The van der Waals surface area contributed by atoms with E-state index in [1.54, 1.807) is 6.92 Å². The van der Waals surface area contributed by atoms with Gasteiger partial charge in [0, 0.05) is 5.57 Å². The van der Waals surface area contributed by atoms with Crippen LogP contribution in [0.4, 0.5) is 0 Å². The van der Waals surface area contributed by atoms with Crippen LogP contribution < -0.4 is 0 Å². The van der Waals surface area contributed by atoms with Crippen molar-refractivity contribution in [1.82, 2.24) is 0 Å². The second-order valence-corrected chi connectivity index (χ2v) is 3.49. The molecule has 0 aliphatic carbocycles. The molecule has 0 bridgehead atoms. The van der Waals surface area contributed by atoms with Crippen LogP contribution >= 0.6 is 0 Å². The molecule has 0 aromatic carbocycles. The number of rotatable bonds is 6. The van der Waals surface area contributed by atoms with Crippen LogP contribution in [-0.2, 0) is 9.53 Å². The molecule has 0 radical (unpaired) electrons. The van der Waals surface area contributed by atoms with Gasteiger partial charge in [-0.1, -0.05) is 26.3 Å². The third-order valence-corrected chi connectivity index (χ3v) is 1.87. The van der Waals surface area contributed by atoms with Gasteiger partial charge in [0.05, 0.1) is 6.10 Å². The van der Waals surface area contributed by atoms with Crippen molar-refractivity contribution < 1.29 is 9.53 Å². The summed E-state index contributed by atoms with van der Waals surface area (Å²) in [6.45, 7) is 9.28. The van der Waals surface area contributed by atoms with E-state index in [9.17, 15) is 4.79 Å². The molecule has 0 aromatic rings. The van der Waals surface area contributed by atoms with Crippen molar-refractivity contribution >= 4 is 5.97 Å². The van der Waals surface area contributed by atoms with E-state index in [1.165, 1.54) is 12.8 Å². The highest BCUT2D eigenvalue weighted by molar-refractivity contribution is 5.87. The molecule has 0 fully saturated rings. The Labute approximate surface area is 81.0 Å². The van der Waals surface area contributed by atoms with Gasteiger partial charge in [-0.25, -0.2) is 4.79 Å². The molecule has 0 aliphatic heterocycles. The van der Waals surface area contributed by atoms with Gasteiger partial charge in [-0.15, -0.1) is 0 Å². The number of hydrogen-bond donors (Lipinski definition) is 0. The molecule has 13 heavy (non-hydrogen) atoms. The standard InChI is InChI=1S/C11H20O2/c1-5-6-7-8-10(4)13-11(12)9(2)3/h10H,2,5-8H2,1,3-4H3. The molecule has 0 spiro atoms. The lowest BCUT2D eigenvalue weighted by atomic mass is 10.1. The number of unbranched alkanes of at least 4 members (excludes halogenated alkanes) is 2. The second-order valence-electron chi connectivity index (χ2n) is 3.49. The summed E-state index contributed by atoms with van der Waals surface area (Å²) in [5, 5.41) is 0. The van der Waals surface area contributed by atoms with E-state index >= 15 is 0 Å². The van der Waals surface area contributed by atoms with E-state index in [4.69, 9.17) is 4.74 Å². The molecular formula is C11H20O2. The van der Waals surface area contributed by atoms with Gasteiger partial charge >= 0.3 is 5.97 Å². The van der Waals surface area contributed by atoms with Crippen molar-refractivity contribution in [3.63, 3.8) is 0 Å². The summed E-state index contributed by atoms with van der Waals surface area (Å²) in [6.07, 6.45) is 4.50. The minimum atomic E-state index is -0.274. The Bertz CT molecular complexity index is 173. The second kappa shape index (κ2) is 6.70. The third-order valence-electron chi connectivity index (χ3n) is 1.87. The van der Waals surface area contributed by atoms with E-state index in [1.807, 2.05) is 6.92 Å². The van der Waals surface area contributed by atoms with Crippen molar-refractivity contribution in [2.45, 2.75) is 52.6 Å². The van der Waals surface area contributed by atoms with Gasteiger partial charge in [0.2, 0.25) is 0 Å². The van der Waals surface area contributed by atoms with Crippen molar-refractivity contribution in [3.05, 3.63) is 12.2 Å². The summed E-state index contributed by atoms with van der Waals surface area (Å²) in [5.74, 6) is -0.274. The van der Waals surface area contributed by atoms with Crippen LogP contribution in [0.15, 0.2) is 12.2 Å². The topological polar surface area (TPSA) is 26.3 Å². The van der Waals surface area contributed by atoms with Crippen LogP contribution in [0.1, 0.15) is 46.5 Å². The van der Waals surface area contributed by atoms with Crippen LogP contribution in [0.3, 0.4) is 0 Å². The lowest BCUT2D eigenvalue weighted by Crippen LogP contribution is -2.15. The molecule has 2 nitrogen and oxygen atoms in total. The van der Waals surface area contributed by atoms with Crippen molar-refractivity contribution in [2.24, 2.45) is 0 Å². The average Bonchev–Trinajstić information content (AvgIpc) is 2.04. The van der Waals surface area contributed by atoms with Gasteiger partial charge in [0.15, 0.2) is 0 Å². The zero-order valence-electron chi connectivity index (χ0n) is 8.93. The van der Waals surface area contributed by atoms with Gasteiger partial charge in [-0.3, -0.25) is 0 Å². The number of carbonyl (C=O) groups excluding carboxylic acids is 1. The predicted octanol–water partition coefficient (Wildman–Crippen LogP) is 3.07. The van der Waals surface area contributed by atoms with Crippen molar-refractivity contribution in [2.75, 3.05) is 0 Å². The molecule has 0 saturated carbocycles. The Morgan fingerprint density at radius 2 is 2.08 bits per heavy atom. The minimum Gasteiger partial charge on any atom is -0.459 e. The first-order valence-corrected chi connectivity index (χ1v) is 4.94. The van der Waals surface area contributed by atoms with Crippen LogP contribution in [0.5, 0.6) is 0 Å². The molecule has 0 aliphatic rings. The van der Waals surface area contributed by atoms with Gasteiger partial charge in [0.1, 0.15) is 0 Å². The predicted molar refractivity (Wildman–Crippen MR) is 54.5 cm³/mol. The Hall–Kier alpha value is -0.790. The monoisotopic (exact) mass is 184 g/mol. The Morgan fingerprint density at radius 3 is 2.54 bits per heavy atom. The number of carbonyl (C=O) groups is 1. The first kappa shape index (κ1) is 12.2. The Balaban J connectivity index is 3.55. The van der Waals surface area contributed by atoms with Crippen LogP contribution in [0, 0.1) is 0 Å². The van der Waals surface area contributed by atoms with Gasteiger partial charge < -0.3 is 4.74 Å². The first-order valence-electron chi connectivity index (χ1n) is 4.94. The Kier molecular flexibility index (Phi) is 6.29. The molecule has 76 valence electrons. The van der Waals surface area contributed by atoms with E-state index in [2.05, 4.69) is 13.5 Å².